The monoisotopic (exact) mass is 284 g/mol. The normalized spacial score (nSPS) is 23.1. The number of thioether (sulfide) groups is 1. The Balaban J connectivity index is 2.01. The lowest BCUT2D eigenvalue weighted by atomic mass is 10.1. The molecule has 1 saturated carbocycles. The van der Waals surface area contributed by atoms with Crippen molar-refractivity contribution in [2.75, 3.05) is 11.6 Å². The van der Waals surface area contributed by atoms with E-state index in [1.807, 2.05) is 18.4 Å². The van der Waals surface area contributed by atoms with Crippen LogP contribution in [0, 0.1) is 5.92 Å². The summed E-state index contributed by atoms with van der Waals surface area (Å²) in [6.07, 6.45) is 4.57. The first-order valence-corrected chi connectivity index (χ1v) is 7.60. The third-order valence-corrected chi connectivity index (χ3v) is 4.48. The molecule has 1 aromatic carbocycles. The van der Waals surface area contributed by atoms with Gasteiger partial charge in [-0.1, -0.05) is 11.6 Å². The first-order valence-electron chi connectivity index (χ1n) is 6.00. The molecule has 1 fully saturated rings. The molecule has 0 spiro atoms. The second-order valence-corrected chi connectivity index (χ2v) is 5.86. The number of benzene rings is 1. The van der Waals surface area contributed by atoms with E-state index >= 15 is 0 Å². The van der Waals surface area contributed by atoms with Crippen LogP contribution in [0.3, 0.4) is 0 Å². The van der Waals surface area contributed by atoms with Crippen LogP contribution in [0.1, 0.15) is 19.3 Å². The summed E-state index contributed by atoms with van der Waals surface area (Å²) in [6, 6.07) is 5.76. The Hall–Kier alpha value is -0.710. The fourth-order valence-electron chi connectivity index (χ4n) is 2.24. The van der Waals surface area contributed by atoms with Crippen LogP contribution < -0.4 is 11.1 Å². The molecule has 1 aromatic rings. The Morgan fingerprint density at radius 3 is 2.83 bits per heavy atom. The number of nitrogens with one attached hydrogen (secondary N) is 1. The molecule has 3 nitrogen and oxygen atoms in total. The minimum Gasteiger partial charge on any atom is -0.328 e. The van der Waals surface area contributed by atoms with Crippen molar-refractivity contribution in [2.24, 2.45) is 11.7 Å². The Bertz CT molecular complexity index is 453. The molecule has 0 aromatic heterocycles. The first-order chi connectivity index (χ1) is 8.60. The van der Waals surface area contributed by atoms with Gasteiger partial charge in [-0.15, -0.1) is 11.8 Å². The summed E-state index contributed by atoms with van der Waals surface area (Å²) in [6.45, 7) is 0. The zero-order valence-electron chi connectivity index (χ0n) is 10.3. The van der Waals surface area contributed by atoms with Crippen molar-refractivity contribution in [2.45, 2.75) is 30.2 Å². The van der Waals surface area contributed by atoms with Crippen LogP contribution >= 0.6 is 23.4 Å². The molecule has 98 valence electrons. The molecule has 2 rings (SSSR count). The number of halogens is 1. The second kappa shape index (κ2) is 5.95. The molecule has 18 heavy (non-hydrogen) atoms. The van der Waals surface area contributed by atoms with Gasteiger partial charge in [-0.05, 0) is 43.7 Å². The Morgan fingerprint density at radius 1 is 1.50 bits per heavy atom. The zero-order valence-corrected chi connectivity index (χ0v) is 11.9. The van der Waals surface area contributed by atoms with Gasteiger partial charge in [-0.2, -0.15) is 0 Å². The predicted octanol–water partition coefficient (Wildman–Crippen LogP) is 3.13. The molecule has 1 aliphatic rings. The summed E-state index contributed by atoms with van der Waals surface area (Å²) in [5.41, 5.74) is 6.57. The Kier molecular flexibility index (Phi) is 4.54. The minimum atomic E-state index is 0.0407. The van der Waals surface area contributed by atoms with Gasteiger partial charge in [0, 0.05) is 22.5 Å². The van der Waals surface area contributed by atoms with E-state index in [0.717, 1.165) is 29.8 Å². The van der Waals surface area contributed by atoms with Gasteiger partial charge in [0.25, 0.3) is 0 Å². The number of carbonyl (C=O) groups excluding carboxylic acids is 1. The third-order valence-electron chi connectivity index (χ3n) is 3.26. The quantitative estimate of drug-likeness (QED) is 0.839. The third kappa shape index (κ3) is 3.19. The molecule has 2 atom stereocenters. The lowest BCUT2D eigenvalue weighted by Crippen LogP contribution is -2.23. The van der Waals surface area contributed by atoms with Crippen molar-refractivity contribution in [1.82, 2.24) is 0 Å². The largest absolute Gasteiger partial charge is 0.328 e. The molecular formula is C13H17ClN2OS. The smallest absolute Gasteiger partial charge is 0.227 e. The summed E-state index contributed by atoms with van der Waals surface area (Å²) >= 11 is 7.69. The average Bonchev–Trinajstić information content (AvgIpc) is 2.76. The van der Waals surface area contributed by atoms with Crippen LogP contribution in [0.5, 0.6) is 0 Å². The summed E-state index contributed by atoms with van der Waals surface area (Å²) in [4.78, 5) is 13.0. The van der Waals surface area contributed by atoms with Gasteiger partial charge in [0.2, 0.25) is 5.91 Å². The van der Waals surface area contributed by atoms with E-state index in [9.17, 15) is 4.79 Å². The number of carbonyl (C=O) groups is 1. The van der Waals surface area contributed by atoms with Crippen LogP contribution in [0.2, 0.25) is 5.02 Å². The van der Waals surface area contributed by atoms with Gasteiger partial charge >= 0.3 is 0 Å². The highest BCUT2D eigenvalue weighted by Gasteiger charge is 2.27. The van der Waals surface area contributed by atoms with Gasteiger partial charge in [0.05, 0.1) is 5.02 Å². The molecule has 1 amide bonds. The fraction of sp³-hybridized carbons (Fsp3) is 0.462. The van der Waals surface area contributed by atoms with Crippen LogP contribution in [-0.4, -0.2) is 18.2 Å². The van der Waals surface area contributed by atoms with E-state index < -0.39 is 0 Å². The Labute approximate surface area is 116 Å². The molecule has 5 heteroatoms. The first kappa shape index (κ1) is 13.7. The standard InChI is InChI=1S/C13H17ClN2OS/c1-18-12-5-4-10(7-11(12)14)16-13(17)8-2-3-9(15)6-8/h4-5,7-9H,2-3,6,15H2,1H3,(H,16,17). The van der Waals surface area contributed by atoms with E-state index in [2.05, 4.69) is 5.32 Å². The van der Waals surface area contributed by atoms with Crippen molar-refractivity contribution in [3.63, 3.8) is 0 Å². The zero-order chi connectivity index (χ0) is 13.1. The van der Waals surface area contributed by atoms with Crippen LogP contribution in [-0.2, 0) is 4.79 Å². The molecular weight excluding hydrogens is 268 g/mol. The van der Waals surface area contributed by atoms with Gasteiger partial charge < -0.3 is 11.1 Å². The van der Waals surface area contributed by atoms with Crippen LogP contribution in [0.25, 0.3) is 0 Å². The van der Waals surface area contributed by atoms with E-state index in [1.165, 1.54) is 0 Å². The molecule has 0 aliphatic heterocycles. The maximum absolute atomic E-state index is 12.0. The van der Waals surface area contributed by atoms with Crippen molar-refractivity contribution >= 4 is 35.0 Å². The molecule has 0 saturated heterocycles. The molecule has 0 radical (unpaired) electrons. The summed E-state index contributed by atoms with van der Waals surface area (Å²) in [7, 11) is 0. The highest BCUT2D eigenvalue weighted by molar-refractivity contribution is 7.98. The van der Waals surface area contributed by atoms with Gasteiger partial charge in [0.15, 0.2) is 0 Å². The number of rotatable bonds is 3. The predicted molar refractivity (Wildman–Crippen MR) is 77.2 cm³/mol. The molecule has 2 unspecified atom stereocenters. The average molecular weight is 285 g/mol. The molecule has 1 aliphatic carbocycles. The van der Waals surface area contributed by atoms with Crippen LogP contribution in [0.4, 0.5) is 5.69 Å². The lowest BCUT2D eigenvalue weighted by molar-refractivity contribution is -0.119. The van der Waals surface area contributed by atoms with Gasteiger partial charge in [0.1, 0.15) is 0 Å². The summed E-state index contributed by atoms with van der Waals surface area (Å²) in [5, 5.41) is 3.58. The molecule has 3 N–H and O–H groups in total. The molecule has 0 heterocycles. The second-order valence-electron chi connectivity index (χ2n) is 4.61. The van der Waals surface area contributed by atoms with E-state index in [4.69, 9.17) is 17.3 Å². The van der Waals surface area contributed by atoms with Crippen molar-refractivity contribution < 1.29 is 4.79 Å². The highest BCUT2D eigenvalue weighted by Crippen LogP contribution is 2.29. The SMILES string of the molecule is CSc1ccc(NC(=O)C2CCC(N)C2)cc1Cl. The summed E-state index contributed by atoms with van der Waals surface area (Å²) in [5.74, 6) is 0.0925. The van der Waals surface area contributed by atoms with E-state index in [0.29, 0.717) is 5.02 Å². The van der Waals surface area contributed by atoms with Gasteiger partial charge in [-0.3, -0.25) is 4.79 Å². The number of anilines is 1. The maximum atomic E-state index is 12.0. The van der Waals surface area contributed by atoms with Crippen molar-refractivity contribution in [3.05, 3.63) is 23.2 Å². The lowest BCUT2D eigenvalue weighted by Gasteiger charge is -2.11. The highest BCUT2D eigenvalue weighted by atomic mass is 35.5. The maximum Gasteiger partial charge on any atom is 0.227 e. The van der Waals surface area contributed by atoms with E-state index in [-0.39, 0.29) is 17.9 Å². The molecule has 0 bridgehead atoms. The van der Waals surface area contributed by atoms with Crippen molar-refractivity contribution in [1.29, 1.82) is 0 Å². The topological polar surface area (TPSA) is 55.1 Å². The number of nitrogens with two attached hydrogens (primary N) is 1. The number of hydrogen-bond donors (Lipinski definition) is 2. The summed E-state index contributed by atoms with van der Waals surface area (Å²) < 4.78 is 0. The van der Waals surface area contributed by atoms with Crippen LogP contribution in [0.15, 0.2) is 23.1 Å². The number of hydrogen-bond acceptors (Lipinski definition) is 3. The van der Waals surface area contributed by atoms with E-state index in [1.54, 1.807) is 17.8 Å². The van der Waals surface area contributed by atoms with Gasteiger partial charge in [-0.25, -0.2) is 0 Å². The Morgan fingerprint density at radius 2 is 2.28 bits per heavy atom. The van der Waals surface area contributed by atoms with Crippen molar-refractivity contribution in [3.8, 4) is 0 Å². The fourth-order valence-corrected chi connectivity index (χ4v) is 3.11. The number of amides is 1. The minimum absolute atomic E-state index is 0.0407.